The maximum atomic E-state index is 5.65. The lowest BCUT2D eigenvalue weighted by molar-refractivity contribution is 0.0694. The Balaban J connectivity index is 1.62. The van der Waals surface area contributed by atoms with Gasteiger partial charge in [-0.05, 0) is 44.9 Å². The van der Waals surface area contributed by atoms with Crippen LogP contribution in [-0.4, -0.2) is 31.5 Å². The molecule has 4 heteroatoms. The van der Waals surface area contributed by atoms with Gasteiger partial charge in [-0.25, -0.2) is 0 Å². The van der Waals surface area contributed by atoms with Crippen molar-refractivity contribution in [3.63, 3.8) is 0 Å². The van der Waals surface area contributed by atoms with Crippen molar-refractivity contribution < 1.29 is 9.47 Å². The molecule has 2 aliphatic rings. The zero-order valence-corrected chi connectivity index (χ0v) is 9.99. The van der Waals surface area contributed by atoms with Gasteiger partial charge in [-0.3, -0.25) is 11.3 Å². The Kier molecular flexibility index (Phi) is 5.03. The molecule has 2 fully saturated rings. The summed E-state index contributed by atoms with van der Waals surface area (Å²) >= 11 is 0. The van der Waals surface area contributed by atoms with Crippen molar-refractivity contribution in [1.29, 1.82) is 0 Å². The smallest absolute Gasteiger partial charge is 0.0742 e. The third-order valence-electron chi connectivity index (χ3n) is 3.69. The van der Waals surface area contributed by atoms with E-state index in [0.717, 1.165) is 26.1 Å². The molecule has 0 aromatic heterocycles. The highest BCUT2D eigenvalue weighted by Crippen LogP contribution is 2.21. The first-order valence-corrected chi connectivity index (χ1v) is 6.59. The monoisotopic (exact) mass is 228 g/mol. The predicted molar refractivity (Wildman–Crippen MR) is 62.9 cm³/mol. The van der Waals surface area contributed by atoms with E-state index in [1.807, 2.05) is 0 Å². The van der Waals surface area contributed by atoms with Gasteiger partial charge < -0.3 is 9.47 Å². The minimum atomic E-state index is 0.323. The van der Waals surface area contributed by atoms with Crippen molar-refractivity contribution in [2.75, 3.05) is 13.2 Å². The minimum absolute atomic E-state index is 0.323. The molecule has 2 aliphatic heterocycles. The first-order valence-electron chi connectivity index (χ1n) is 6.59. The van der Waals surface area contributed by atoms with Gasteiger partial charge in [0, 0.05) is 19.3 Å². The van der Waals surface area contributed by atoms with E-state index in [1.165, 1.54) is 32.1 Å². The molecule has 0 aliphatic carbocycles. The second-order valence-electron chi connectivity index (χ2n) is 4.89. The Hall–Kier alpha value is -0.160. The van der Waals surface area contributed by atoms with E-state index in [-0.39, 0.29) is 0 Å². The average molecular weight is 228 g/mol. The SMILES string of the molecule is NNC(CCCC1CCCO1)C1CCCO1. The summed E-state index contributed by atoms with van der Waals surface area (Å²) in [4.78, 5) is 0. The van der Waals surface area contributed by atoms with Crippen LogP contribution in [0.4, 0.5) is 0 Å². The minimum Gasteiger partial charge on any atom is -0.378 e. The van der Waals surface area contributed by atoms with Gasteiger partial charge in [-0.2, -0.15) is 0 Å². The van der Waals surface area contributed by atoms with E-state index >= 15 is 0 Å². The van der Waals surface area contributed by atoms with Crippen LogP contribution >= 0.6 is 0 Å². The molecule has 3 N–H and O–H groups in total. The van der Waals surface area contributed by atoms with Crippen LogP contribution in [0.25, 0.3) is 0 Å². The Morgan fingerprint density at radius 1 is 1.19 bits per heavy atom. The maximum Gasteiger partial charge on any atom is 0.0742 e. The molecular formula is C12H24N2O2. The Labute approximate surface area is 97.8 Å². The summed E-state index contributed by atoms with van der Waals surface area (Å²) in [5.41, 5.74) is 2.90. The fraction of sp³-hybridized carbons (Fsp3) is 1.00. The lowest BCUT2D eigenvalue weighted by atomic mass is 10.0. The highest BCUT2D eigenvalue weighted by atomic mass is 16.5. The summed E-state index contributed by atoms with van der Waals surface area (Å²) in [6.45, 7) is 1.85. The van der Waals surface area contributed by atoms with Crippen LogP contribution in [0, 0.1) is 0 Å². The van der Waals surface area contributed by atoms with Gasteiger partial charge in [0.25, 0.3) is 0 Å². The molecule has 0 aromatic carbocycles. The van der Waals surface area contributed by atoms with E-state index in [4.69, 9.17) is 15.3 Å². The lowest BCUT2D eigenvalue weighted by Gasteiger charge is -2.22. The molecule has 0 aromatic rings. The van der Waals surface area contributed by atoms with Gasteiger partial charge in [0.05, 0.1) is 12.2 Å². The van der Waals surface area contributed by atoms with E-state index in [2.05, 4.69) is 5.43 Å². The molecule has 16 heavy (non-hydrogen) atoms. The van der Waals surface area contributed by atoms with Crippen LogP contribution in [0.2, 0.25) is 0 Å². The second-order valence-corrected chi connectivity index (χ2v) is 4.89. The average Bonchev–Trinajstić information content (AvgIpc) is 2.96. The first-order chi connectivity index (χ1) is 7.90. The van der Waals surface area contributed by atoms with E-state index < -0.39 is 0 Å². The fourth-order valence-corrected chi connectivity index (χ4v) is 2.73. The number of ether oxygens (including phenoxy) is 2. The quantitative estimate of drug-likeness (QED) is 0.532. The zero-order valence-electron chi connectivity index (χ0n) is 9.99. The van der Waals surface area contributed by atoms with Crippen molar-refractivity contribution in [3.8, 4) is 0 Å². The molecule has 94 valence electrons. The standard InChI is InChI=1S/C12H24N2O2/c13-14-11(12-7-3-9-16-12)6-1-4-10-5-2-8-15-10/h10-12,14H,1-9,13H2. The Morgan fingerprint density at radius 3 is 2.62 bits per heavy atom. The fourth-order valence-electron chi connectivity index (χ4n) is 2.73. The summed E-state index contributed by atoms with van der Waals surface area (Å²) in [5.74, 6) is 5.59. The van der Waals surface area contributed by atoms with Crippen molar-refractivity contribution in [2.24, 2.45) is 5.84 Å². The van der Waals surface area contributed by atoms with Gasteiger partial charge in [-0.1, -0.05) is 0 Å². The number of hydrogen-bond donors (Lipinski definition) is 2. The molecule has 0 radical (unpaired) electrons. The number of nitrogens with one attached hydrogen (secondary N) is 1. The van der Waals surface area contributed by atoms with Crippen molar-refractivity contribution >= 4 is 0 Å². The third-order valence-corrected chi connectivity index (χ3v) is 3.69. The van der Waals surface area contributed by atoms with Crippen molar-refractivity contribution in [3.05, 3.63) is 0 Å². The number of hydrogen-bond acceptors (Lipinski definition) is 4. The molecule has 2 heterocycles. The molecule has 2 saturated heterocycles. The highest BCUT2D eigenvalue weighted by molar-refractivity contribution is 4.79. The van der Waals surface area contributed by atoms with Gasteiger partial charge in [0.15, 0.2) is 0 Å². The Morgan fingerprint density at radius 2 is 2.00 bits per heavy atom. The normalized spacial score (nSPS) is 32.1. The summed E-state index contributed by atoms with van der Waals surface area (Å²) in [6.07, 6.45) is 9.07. The van der Waals surface area contributed by atoms with Crippen LogP contribution in [0.1, 0.15) is 44.9 Å². The van der Waals surface area contributed by atoms with Gasteiger partial charge in [0.2, 0.25) is 0 Å². The van der Waals surface area contributed by atoms with Crippen LogP contribution in [0.3, 0.4) is 0 Å². The summed E-state index contributed by atoms with van der Waals surface area (Å²) in [7, 11) is 0. The molecule has 3 unspecified atom stereocenters. The van der Waals surface area contributed by atoms with Gasteiger partial charge in [-0.15, -0.1) is 0 Å². The first kappa shape index (κ1) is 12.3. The summed E-state index contributed by atoms with van der Waals surface area (Å²) in [5, 5.41) is 0. The number of hydrazine groups is 1. The maximum absolute atomic E-state index is 5.65. The molecule has 3 atom stereocenters. The summed E-state index contributed by atoms with van der Waals surface area (Å²) < 4.78 is 11.3. The van der Waals surface area contributed by atoms with Crippen LogP contribution in [0.15, 0.2) is 0 Å². The van der Waals surface area contributed by atoms with Crippen LogP contribution in [-0.2, 0) is 9.47 Å². The van der Waals surface area contributed by atoms with Gasteiger partial charge in [0.1, 0.15) is 0 Å². The van der Waals surface area contributed by atoms with Crippen LogP contribution < -0.4 is 11.3 Å². The molecule has 0 spiro atoms. The molecule has 0 saturated carbocycles. The third kappa shape index (κ3) is 3.42. The largest absolute Gasteiger partial charge is 0.378 e. The zero-order chi connectivity index (χ0) is 11.2. The van der Waals surface area contributed by atoms with E-state index in [0.29, 0.717) is 18.2 Å². The number of nitrogens with two attached hydrogens (primary N) is 1. The molecule has 0 amide bonds. The van der Waals surface area contributed by atoms with Crippen molar-refractivity contribution in [2.45, 2.75) is 63.2 Å². The topological polar surface area (TPSA) is 56.5 Å². The van der Waals surface area contributed by atoms with Crippen molar-refractivity contribution in [1.82, 2.24) is 5.43 Å². The molecule has 0 bridgehead atoms. The van der Waals surface area contributed by atoms with E-state index in [9.17, 15) is 0 Å². The van der Waals surface area contributed by atoms with E-state index in [1.54, 1.807) is 0 Å². The molecular weight excluding hydrogens is 204 g/mol. The molecule has 4 nitrogen and oxygen atoms in total. The number of rotatable bonds is 6. The molecule has 2 rings (SSSR count). The van der Waals surface area contributed by atoms with Crippen LogP contribution in [0.5, 0.6) is 0 Å². The highest BCUT2D eigenvalue weighted by Gasteiger charge is 2.25. The lowest BCUT2D eigenvalue weighted by Crippen LogP contribution is -2.43. The van der Waals surface area contributed by atoms with Gasteiger partial charge >= 0.3 is 0 Å². The second kappa shape index (κ2) is 6.55. The Bertz CT molecular complexity index is 189. The summed E-state index contributed by atoms with van der Waals surface area (Å²) in [6, 6.07) is 0.323. The predicted octanol–water partition coefficient (Wildman–Crippen LogP) is 1.35.